The summed E-state index contributed by atoms with van der Waals surface area (Å²) in [5, 5.41) is 11.9. The number of rotatable bonds is 4. The van der Waals surface area contributed by atoms with E-state index in [2.05, 4.69) is 25.5 Å². The highest BCUT2D eigenvalue weighted by Crippen LogP contribution is 2.21. The molecule has 1 saturated heterocycles. The zero-order valence-corrected chi connectivity index (χ0v) is 16.6. The first-order chi connectivity index (χ1) is 14.7. The maximum absolute atomic E-state index is 13.3. The van der Waals surface area contributed by atoms with E-state index in [0.29, 0.717) is 17.8 Å². The largest absolute Gasteiger partial charge is 0.362 e. The van der Waals surface area contributed by atoms with Gasteiger partial charge in [-0.05, 0) is 31.9 Å². The number of nitrogens with zero attached hydrogens (tertiary/aromatic N) is 7. The molecule has 1 fully saturated rings. The Labute approximate surface area is 173 Å². The van der Waals surface area contributed by atoms with Gasteiger partial charge >= 0.3 is 0 Å². The van der Waals surface area contributed by atoms with E-state index in [9.17, 15) is 4.79 Å². The monoisotopic (exact) mass is 402 g/mol. The highest BCUT2D eigenvalue weighted by Gasteiger charge is 2.27. The number of hydrogen-bond acceptors (Lipinski definition) is 6. The topological polar surface area (TPSA) is 93.2 Å². The number of hydrogen-bond donors (Lipinski definition) is 1. The van der Waals surface area contributed by atoms with E-state index < -0.39 is 0 Å². The molecule has 1 aliphatic rings. The lowest BCUT2D eigenvalue weighted by Crippen LogP contribution is -2.45. The van der Waals surface area contributed by atoms with Crippen LogP contribution >= 0.6 is 0 Å². The Morgan fingerprint density at radius 1 is 1.17 bits per heavy atom. The number of imidazole rings is 1. The van der Waals surface area contributed by atoms with Gasteiger partial charge in [0.2, 0.25) is 0 Å². The molecule has 9 nitrogen and oxygen atoms in total. The fourth-order valence-electron chi connectivity index (χ4n) is 3.96. The first-order valence-corrected chi connectivity index (χ1v) is 10.0. The molecule has 0 bridgehead atoms. The number of nitrogens with one attached hydrogen (secondary N) is 1. The summed E-state index contributed by atoms with van der Waals surface area (Å²) in [6, 6.07) is 7.54. The minimum atomic E-state index is -0.0165. The number of para-hydroxylation sites is 1. The Hall–Kier alpha value is -3.75. The number of aryl methyl sites for hydroxylation is 1. The molecule has 9 heteroatoms. The molecule has 0 spiro atoms. The Kier molecular flexibility index (Phi) is 4.62. The standard InChI is InChI=1S/C21H22N8O/c1-15-13-27-12-10-22-19(20(27)25-15)26-16-5-4-11-28(14-16)21(30)17-6-2-3-7-18(17)29-23-8-9-24-29/h2-3,6-10,12-13,16H,4-5,11,14H2,1H3,(H,22,26). The van der Waals surface area contributed by atoms with Crippen LogP contribution in [0.15, 0.2) is 55.2 Å². The van der Waals surface area contributed by atoms with Crippen LogP contribution < -0.4 is 5.32 Å². The molecule has 1 aromatic carbocycles. The molecule has 0 radical (unpaired) electrons. The Bertz CT molecular complexity index is 1180. The second-order valence-corrected chi connectivity index (χ2v) is 7.46. The summed E-state index contributed by atoms with van der Waals surface area (Å²) in [6.07, 6.45) is 10.7. The number of aromatic nitrogens is 6. The number of fused-ring (bicyclic) bond motifs is 1. The lowest BCUT2D eigenvalue weighted by atomic mass is 10.0. The van der Waals surface area contributed by atoms with Gasteiger partial charge in [0.25, 0.3) is 5.91 Å². The highest BCUT2D eigenvalue weighted by molar-refractivity contribution is 5.97. The summed E-state index contributed by atoms with van der Waals surface area (Å²) >= 11 is 0. The van der Waals surface area contributed by atoms with Crippen LogP contribution in [0.1, 0.15) is 28.9 Å². The average molecular weight is 402 g/mol. The quantitative estimate of drug-likeness (QED) is 0.563. The van der Waals surface area contributed by atoms with Gasteiger partial charge < -0.3 is 14.6 Å². The fraction of sp³-hybridized carbons (Fsp3) is 0.286. The number of carbonyl (C=O) groups excluding carboxylic acids is 1. The minimum Gasteiger partial charge on any atom is -0.362 e. The molecule has 1 atom stereocenters. The van der Waals surface area contributed by atoms with Crippen molar-refractivity contribution in [3.63, 3.8) is 0 Å². The molecule has 152 valence electrons. The molecule has 0 aliphatic carbocycles. The smallest absolute Gasteiger partial charge is 0.256 e. The maximum atomic E-state index is 13.3. The maximum Gasteiger partial charge on any atom is 0.256 e. The van der Waals surface area contributed by atoms with Crippen molar-refractivity contribution in [2.24, 2.45) is 0 Å². The van der Waals surface area contributed by atoms with Gasteiger partial charge in [-0.15, -0.1) is 0 Å². The lowest BCUT2D eigenvalue weighted by Gasteiger charge is -2.33. The lowest BCUT2D eigenvalue weighted by molar-refractivity contribution is 0.0714. The van der Waals surface area contributed by atoms with Crippen molar-refractivity contribution in [3.8, 4) is 5.69 Å². The van der Waals surface area contributed by atoms with E-state index in [1.807, 2.05) is 52.9 Å². The van der Waals surface area contributed by atoms with Crippen molar-refractivity contribution < 1.29 is 4.79 Å². The van der Waals surface area contributed by atoms with Crippen LogP contribution in [0, 0.1) is 6.92 Å². The summed E-state index contributed by atoms with van der Waals surface area (Å²) in [6.45, 7) is 3.28. The van der Waals surface area contributed by atoms with Crippen LogP contribution in [-0.4, -0.2) is 59.3 Å². The SMILES string of the molecule is Cc1cn2ccnc(NC3CCCN(C(=O)c4ccccc4-n4nccn4)C3)c2n1. The zero-order valence-electron chi connectivity index (χ0n) is 16.6. The third-order valence-electron chi connectivity index (χ3n) is 5.31. The summed E-state index contributed by atoms with van der Waals surface area (Å²) in [5.41, 5.74) is 3.02. The van der Waals surface area contributed by atoms with Gasteiger partial charge in [0, 0.05) is 37.7 Å². The van der Waals surface area contributed by atoms with Crippen molar-refractivity contribution in [2.75, 3.05) is 18.4 Å². The summed E-state index contributed by atoms with van der Waals surface area (Å²) in [5.74, 6) is 0.725. The second-order valence-electron chi connectivity index (χ2n) is 7.46. The predicted octanol–water partition coefficient (Wildman–Crippen LogP) is 2.34. The van der Waals surface area contributed by atoms with Crippen LogP contribution in [-0.2, 0) is 0 Å². The first kappa shape index (κ1) is 18.3. The molecule has 0 saturated carbocycles. The van der Waals surface area contributed by atoms with Crippen LogP contribution in [0.2, 0.25) is 0 Å². The van der Waals surface area contributed by atoms with Gasteiger partial charge in [-0.25, -0.2) is 9.97 Å². The van der Waals surface area contributed by atoms with Gasteiger partial charge in [-0.2, -0.15) is 15.0 Å². The molecule has 30 heavy (non-hydrogen) atoms. The number of carbonyl (C=O) groups is 1. The highest BCUT2D eigenvalue weighted by atomic mass is 16.2. The van der Waals surface area contributed by atoms with Crippen molar-refractivity contribution in [3.05, 3.63) is 66.5 Å². The van der Waals surface area contributed by atoms with E-state index >= 15 is 0 Å². The second kappa shape index (κ2) is 7.58. The van der Waals surface area contributed by atoms with E-state index in [1.165, 1.54) is 4.80 Å². The van der Waals surface area contributed by atoms with Gasteiger partial charge in [0.1, 0.15) is 0 Å². The molecule has 1 aliphatic heterocycles. The molecule has 1 N–H and O–H groups in total. The van der Waals surface area contributed by atoms with Crippen LogP contribution in [0.3, 0.4) is 0 Å². The number of amides is 1. The molecular formula is C21H22N8O. The number of piperidine rings is 1. The van der Waals surface area contributed by atoms with Crippen LogP contribution in [0.25, 0.3) is 11.3 Å². The molecule has 1 unspecified atom stereocenters. The average Bonchev–Trinajstić information content (AvgIpc) is 3.43. The van der Waals surface area contributed by atoms with Crippen LogP contribution in [0.4, 0.5) is 5.82 Å². The predicted molar refractivity (Wildman–Crippen MR) is 112 cm³/mol. The minimum absolute atomic E-state index is 0.0165. The van der Waals surface area contributed by atoms with E-state index in [4.69, 9.17) is 0 Å². The number of anilines is 1. The van der Waals surface area contributed by atoms with Crippen molar-refractivity contribution in [2.45, 2.75) is 25.8 Å². The Morgan fingerprint density at radius 2 is 2.00 bits per heavy atom. The normalized spacial score (nSPS) is 16.7. The molecule has 1 amide bonds. The van der Waals surface area contributed by atoms with E-state index in [0.717, 1.165) is 36.5 Å². The third kappa shape index (κ3) is 3.38. The summed E-state index contributed by atoms with van der Waals surface area (Å²) in [4.78, 5) is 25.7. The van der Waals surface area contributed by atoms with Crippen molar-refractivity contribution in [1.29, 1.82) is 0 Å². The Morgan fingerprint density at radius 3 is 2.87 bits per heavy atom. The van der Waals surface area contributed by atoms with Gasteiger partial charge in [0.05, 0.1) is 29.3 Å². The van der Waals surface area contributed by atoms with Gasteiger partial charge in [-0.3, -0.25) is 4.79 Å². The van der Waals surface area contributed by atoms with Gasteiger partial charge in [0.15, 0.2) is 11.5 Å². The molecule has 5 rings (SSSR count). The van der Waals surface area contributed by atoms with Crippen LogP contribution in [0.5, 0.6) is 0 Å². The number of likely N-dealkylation sites (tertiary alicyclic amines) is 1. The fourth-order valence-corrected chi connectivity index (χ4v) is 3.96. The molecule has 4 aromatic rings. The molecule has 4 heterocycles. The molecular weight excluding hydrogens is 380 g/mol. The van der Waals surface area contributed by atoms with E-state index in [-0.39, 0.29) is 11.9 Å². The summed E-state index contributed by atoms with van der Waals surface area (Å²) in [7, 11) is 0. The Balaban J connectivity index is 1.36. The summed E-state index contributed by atoms with van der Waals surface area (Å²) < 4.78 is 1.96. The number of benzene rings is 1. The van der Waals surface area contributed by atoms with E-state index in [1.54, 1.807) is 18.6 Å². The van der Waals surface area contributed by atoms with Gasteiger partial charge in [-0.1, -0.05) is 12.1 Å². The first-order valence-electron chi connectivity index (χ1n) is 10.0. The molecule has 3 aromatic heterocycles. The zero-order chi connectivity index (χ0) is 20.5. The third-order valence-corrected chi connectivity index (χ3v) is 5.31. The van der Waals surface area contributed by atoms with Crippen molar-refractivity contribution in [1.82, 2.24) is 34.3 Å². The van der Waals surface area contributed by atoms with Crippen molar-refractivity contribution >= 4 is 17.4 Å².